The first-order valence-electron chi connectivity index (χ1n) is 8.19. The molecule has 1 saturated carbocycles. The summed E-state index contributed by atoms with van der Waals surface area (Å²) in [5.41, 5.74) is 3.10. The number of hydrogen-bond donors (Lipinski definition) is 1. The summed E-state index contributed by atoms with van der Waals surface area (Å²) in [6, 6.07) is 12.6. The van der Waals surface area contributed by atoms with Gasteiger partial charge in [0.2, 0.25) is 0 Å². The van der Waals surface area contributed by atoms with Crippen LogP contribution in [0.1, 0.15) is 29.9 Å². The molecular weight excluding hydrogens is 336 g/mol. The summed E-state index contributed by atoms with van der Waals surface area (Å²) in [4.78, 5) is 4.07. The maximum Gasteiger partial charge on any atom is 0.269 e. The molecule has 1 fully saturated rings. The van der Waals surface area contributed by atoms with E-state index in [2.05, 4.69) is 4.98 Å². The standard InChI is InChI=1S/C19H18N2O3S/c22-13-16-12-21(25(23,24)17-7-4-10-20-11-17)19(18(16)14-8-9-14)15-5-2-1-3-6-15/h1-7,10-12,14,22H,8-9,13H2. The Morgan fingerprint density at radius 1 is 1.12 bits per heavy atom. The van der Waals surface area contributed by atoms with Gasteiger partial charge in [0.25, 0.3) is 10.0 Å². The number of rotatable bonds is 5. The van der Waals surface area contributed by atoms with Crippen molar-refractivity contribution in [2.45, 2.75) is 30.3 Å². The van der Waals surface area contributed by atoms with Crippen molar-refractivity contribution in [1.82, 2.24) is 8.96 Å². The summed E-state index contributed by atoms with van der Waals surface area (Å²) in [6.07, 6.45) is 6.48. The van der Waals surface area contributed by atoms with Crippen molar-refractivity contribution in [3.63, 3.8) is 0 Å². The normalized spacial score (nSPS) is 14.6. The van der Waals surface area contributed by atoms with Crippen molar-refractivity contribution < 1.29 is 13.5 Å². The van der Waals surface area contributed by atoms with Gasteiger partial charge in [-0.05, 0) is 42.0 Å². The minimum absolute atomic E-state index is 0.133. The van der Waals surface area contributed by atoms with E-state index in [9.17, 15) is 13.5 Å². The number of hydrogen-bond acceptors (Lipinski definition) is 4. The molecule has 3 aromatic rings. The van der Waals surface area contributed by atoms with Gasteiger partial charge in [-0.25, -0.2) is 12.4 Å². The Morgan fingerprint density at radius 3 is 2.48 bits per heavy atom. The highest BCUT2D eigenvalue weighted by Gasteiger charge is 2.34. The maximum absolute atomic E-state index is 13.2. The van der Waals surface area contributed by atoms with Crippen LogP contribution < -0.4 is 0 Å². The zero-order chi connectivity index (χ0) is 17.4. The lowest BCUT2D eigenvalue weighted by Crippen LogP contribution is -2.14. The molecule has 1 N–H and O–H groups in total. The van der Waals surface area contributed by atoms with E-state index >= 15 is 0 Å². The molecule has 2 aromatic heterocycles. The van der Waals surface area contributed by atoms with Crippen molar-refractivity contribution in [3.05, 3.63) is 72.2 Å². The fraction of sp³-hybridized carbons (Fsp3) is 0.211. The molecule has 1 aliphatic carbocycles. The molecule has 0 radical (unpaired) electrons. The molecule has 0 bridgehead atoms. The number of nitrogens with zero attached hydrogens (tertiary/aromatic N) is 2. The van der Waals surface area contributed by atoms with Gasteiger partial charge in [-0.15, -0.1) is 0 Å². The van der Waals surface area contributed by atoms with Gasteiger partial charge in [-0.1, -0.05) is 30.3 Å². The van der Waals surface area contributed by atoms with Gasteiger partial charge in [0.1, 0.15) is 4.90 Å². The molecule has 128 valence electrons. The zero-order valence-corrected chi connectivity index (χ0v) is 14.4. The third-order valence-electron chi connectivity index (χ3n) is 4.49. The first-order chi connectivity index (χ1) is 12.1. The van der Waals surface area contributed by atoms with Crippen LogP contribution in [-0.4, -0.2) is 22.5 Å². The van der Waals surface area contributed by atoms with Gasteiger partial charge >= 0.3 is 0 Å². The van der Waals surface area contributed by atoms with Crippen LogP contribution in [0.15, 0.2) is 66.0 Å². The van der Waals surface area contributed by atoms with E-state index in [1.807, 2.05) is 30.3 Å². The molecular formula is C19H18N2O3S. The molecule has 0 spiro atoms. The minimum Gasteiger partial charge on any atom is -0.392 e. The smallest absolute Gasteiger partial charge is 0.269 e. The van der Waals surface area contributed by atoms with E-state index < -0.39 is 10.0 Å². The minimum atomic E-state index is -3.79. The molecule has 1 aliphatic rings. The summed E-state index contributed by atoms with van der Waals surface area (Å²) < 4.78 is 27.7. The average molecular weight is 354 g/mol. The van der Waals surface area contributed by atoms with Gasteiger partial charge in [0.15, 0.2) is 0 Å². The Labute approximate surface area is 146 Å². The molecule has 6 heteroatoms. The number of aromatic nitrogens is 2. The highest BCUT2D eigenvalue weighted by molar-refractivity contribution is 7.90. The van der Waals surface area contributed by atoms with Gasteiger partial charge in [-0.3, -0.25) is 4.98 Å². The average Bonchev–Trinajstić information content (AvgIpc) is 3.42. The summed E-state index contributed by atoms with van der Waals surface area (Å²) in [6.45, 7) is -0.179. The summed E-state index contributed by atoms with van der Waals surface area (Å²) in [7, 11) is -3.79. The van der Waals surface area contributed by atoms with E-state index in [1.54, 1.807) is 18.5 Å². The van der Waals surface area contributed by atoms with Crippen molar-refractivity contribution in [2.75, 3.05) is 0 Å². The molecule has 4 rings (SSSR count). The van der Waals surface area contributed by atoms with Gasteiger partial charge in [0, 0.05) is 24.2 Å². The van der Waals surface area contributed by atoms with Crippen LogP contribution in [0.2, 0.25) is 0 Å². The second kappa shape index (κ2) is 6.13. The maximum atomic E-state index is 13.2. The Hall–Kier alpha value is -2.44. The second-order valence-corrected chi connectivity index (χ2v) is 8.02. The lowest BCUT2D eigenvalue weighted by molar-refractivity contribution is 0.281. The topological polar surface area (TPSA) is 72.2 Å². The van der Waals surface area contributed by atoms with E-state index in [0.717, 1.165) is 24.0 Å². The zero-order valence-electron chi connectivity index (χ0n) is 13.5. The Bertz CT molecular complexity index is 992. The molecule has 25 heavy (non-hydrogen) atoms. The first kappa shape index (κ1) is 16.1. The monoisotopic (exact) mass is 354 g/mol. The first-order valence-corrected chi connectivity index (χ1v) is 9.63. The fourth-order valence-electron chi connectivity index (χ4n) is 3.18. The van der Waals surface area contributed by atoms with Crippen LogP contribution in [0.25, 0.3) is 11.3 Å². The van der Waals surface area contributed by atoms with Crippen LogP contribution in [0.5, 0.6) is 0 Å². The Morgan fingerprint density at radius 2 is 1.88 bits per heavy atom. The summed E-state index contributed by atoms with van der Waals surface area (Å²) in [5.74, 6) is 0.308. The summed E-state index contributed by atoms with van der Waals surface area (Å²) in [5, 5.41) is 9.80. The Balaban J connectivity index is 2.00. The van der Waals surface area contributed by atoms with Crippen LogP contribution in [0.4, 0.5) is 0 Å². The molecule has 1 aromatic carbocycles. The lowest BCUT2D eigenvalue weighted by Gasteiger charge is -2.12. The highest BCUT2D eigenvalue weighted by Crippen LogP contribution is 2.47. The molecule has 0 aliphatic heterocycles. The van der Waals surface area contributed by atoms with E-state index in [-0.39, 0.29) is 11.5 Å². The van der Waals surface area contributed by atoms with Crippen molar-refractivity contribution in [1.29, 1.82) is 0 Å². The number of benzene rings is 1. The molecule has 5 nitrogen and oxygen atoms in total. The highest BCUT2D eigenvalue weighted by atomic mass is 32.2. The van der Waals surface area contributed by atoms with Crippen molar-refractivity contribution >= 4 is 10.0 Å². The molecule has 2 heterocycles. The largest absolute Gasteiger partial charge is 0.392 e. The van der Waals surface area contributed by atoms with Crippen molar-refractivity contribution in [3.8, 4) is 11.3 Å². The fourth-order valence-corrected chi connectivity index (χ4v) is 4.56. The third-order valence-corrected chi connectivity index (χ3v) is 6.13. The van der Waals surface area contributed by atoms with Gasteiger partial charge < -0.3 is 5.11 Å². The van der Waals surface area contributed by atoms with E-state index in [4.69, 9.17) is 0 Å². The number of aliphatic hydroxyl groups excluding tert-OH is 1. The van der Waals surface area contributed by atoms with Crippen LogP contribution in [-0.2, 0) is 16.6 Å². The second-order valence-electron chi connectivity index (χ2n) is 6.20. The van der Waals surface area contributed by atoms with Crippen LogP contribution in [0, 0.1) is 0 Å². The molecule has 0 amide bonds. The predicted octanol–water partition coefficient (Wildman–Crippen LogP) is 3.16. The Kier molecular flexibility index (Phi) is 3.94. The SMILES string of the molecule is O=S(=O)(c1cccnc1)n1cc(CO)c(C2CC2)c1-c1ccccc1. The molecule has 0 saturated heterocycles. The van der Waals surface area contributed by atoms with E-state index in [0.29, 0.717) is 17.2 Å². The van der Waals surface area contributed by atoms with Crippen LogP contribution in [0.3, 0.4) is 0 Å². The van der Waals surface area contributed by atoms with Gasteiger partial charge in [-0.2, -0.15) is 0 Å². The molecule has 0 atom stereocenters. The van der Waals surface area contributed by atoms with Crippen molar-refractivity contribution in [2.24, 2.45) is 0 Å². The summed E-state index contributed by atoms with van der Waals surface area (Å²) >= 11 is 0. The number of pyridine rings is 1. The lowest BCUT2D eigenvalue weighted by atomic mass is 10.0. The van der Waals surface area contributed by atoms with Crippen LogP contribution >= 0.6 is 0 Å². The number of aliphatic hydroxyl groups is 1. The third kappa shape index (κ3) is 2.77. The molecule has 0 unspecified atom stereocenters. The van der Waals surface area contributed by atoms with E-state index in [1.165, 1.54) is 16.2 Å². The predicted molar refractivity (Wildman–Crippen MR) is 94.6 cm³/mol. The quantitative estimate of drug-likeness (QED) is 0.764. The van der Waals surface area contributed by atoms with Gasteiger partial charge in [0.05, 0.1) is 12.3 Å².